The number of rotatable bonds is 6. The summed E-state index contributed by atoms with van der Waals surface area (Å²) in [5.74, 6) is -0.00554. The maximum absolute atomic E-state index is 13.1. The number of benzene rings is 1. The molecular weight excluding hydrogens is 352 g/mol. The lowest BCUT2D eigenvalue weighted by Crippen LogP contribution is -2.48. The second-order valence-electron chi connectivity index (χ2n) is 6.97. The average molecular weight is 380 g/mol. The standard InChI is InChI=1S/C22H28N4O2/c1-3-13-25(4-2)21(27)17-7-9-18(10-8-17)22(28)26-14-12-24-16-20(26)19-6-5-11-23-15-19/h5-11,15,20,24H,3-4,12-14,16H2,1-2H3. The molecule has 0 radical (unpaired) electrons. The lowest BCUT2D eigenvalue weighted by Gasteiger charge is -2.36. The van der Waals surface area contributed by atoms with E-state index in [1.807, 2.05) is 35.1 Å². The highest BCUT2D eigenvalue weighted by Crippen LogP contribution is 2.23. The van der Waals surface area contributed by atoms with Gasteiger partial charge in [0.1, 0.15) is 0 Å². The second kappa shape index (κ2) is 9.46. The summed E-state index contributed by atoms with van der Waals surface area (Å²) in [6.07, 6.45) is 4.47. The molecular formula is C22H28N4O2. The van der Waals surface area contributed by atoms with Crippen molar-refractivity contribution < 1.29 is 9.59 Å². The van der Waals surface area contributed by atoms with Crippen molar-refractivity contribution in [3.63, 3.8) is 0 Å². The van der Waals surface area contributed by atoms with Crippen LogP contribution in [0.4, 0.5) is 0 Å². The number of pyridine rings is 1. The monoisotopic (exact) mass is 380 g/mol. The van der Waals surface area contributed by atoms with Crippen LogP contribution in [-0.2, 0) is 0 Å². The van der Waals surface area contributed by atoms with Crippen molar-refractivity contribution in [3.8, 4) is 0 Å². The summed E-state index contributed by atoms with van der Waals surface area (Å²) >= 11 is 0. The highest BCUT2D eigenvalue weighted by molar-refractivity contribution is 5.98. The first-order valence-corrected chi connectivity index (χ1v) is 9.96. The third kappa shape index (κ3) is 4.39. The fourth-order valence-corrected chi connectivity index (χ4v) is 3.60. The van der Waals surface area contributed by atoms with E-state index in [2.05, 4.69) is 17.2 Å². The molecule has 148 valence electrons. The molecule has 2 aromatic rings. The molecule has 0 saturated carbocycles. The Labute approximate surface area is 166 Å². The average Bonchev–Trinajstić information content (AvgIpc) is 2.77. The summed E-state index contributed by atoms with van der Waals surface area (Å²) in [6.45, 7) is 7.57. The number of carbonyl (C=O) groups excluding carboxylic acids is 2. The van der Waals surface area contributed by atoms with Crippen LogP contribution in [0.2, 0.25) is 0 Å². The Kier molecular flexibility index (Phi) is 6.76. The van der Waals surface area contributed by atoms with Gasteiger partial charge in [-0.3, -0.25) is 14.6 Å². The Morgan fingerprint density at radius 1 is 1.18 bits per heavy atom. The first kappa shape index (κ1) is 20.0. The van der Waals surface area contributed by atoms with E-state index in [9.17, 15) is 9.59 Å². The van der Waals surface area contributed by atoms with E-state index in [-0.39, 0.29) is 17.9 Å². The third-order valence-corrected chi connectivity index (χ3v) is 5.11. The smallest absolute Gasteiger partial charge is 0.254 e. The first-order chi connectivity index (χ1) is 13.7. The van der Waals surface area contributed by atoms with Crippen LogP contribution in [0.3, 0.4) is 0 Å². The van der Waals surface area contributed by atoms with Gasteiger partial charge in [-0.2, -0.15) is 0 Å². The molecule has 2 heterocycles. The van der Waals surface area contributed by atoms with Crippen molar-refractivity contribution in [2.45, 2.75) is 26.3 Å². The zero-order valence-corrected chi connectivity index (χ0v) is 16.6. The topological polar surface area (TPSA) is 65.5 Å². The van der Waals surface area contributed by atoms with Gasteiger partial charge in [0.25, 0.3) is 11.8 Å². The molecule has 0 aliphatic carbocycles. The lowest BCUT2D eigenvalue weighted by molar-refractivity contribution is 0.0633. The highest BCUT2D eigenvalue weighted by atomic mass is 16.2. The maximum atomic E-state index is 13.1. The molecule has 0 spiro atoms. The summed E-state index contributed by atoms with van der Waals surface area (Å²) in [6, 6.07) is 10.9. The predicted octanol–water partition coefficient (Wildman–Crippen LogP) is 2.74. The molecule has 2 amide bonds. The van der Waals surface area contributed by atoms with Gasteiger partial charge in [0.05, 0.1) is 6.04 Å². The Balaban J connectivity index is 1.77. The summed E-state index contributed by atoms with van der Waals surface area (Å²) in [5, 5.41) is 3.35. The summed E-state index contributed by atoms with van der Waals surface area (Å²) in [7, 11) is 0. The molecule has 1 N–H and O–H groups in total. The van der Waals surface area contributed by atoms with Crippen LogP contribution in [0.25, 0.3) is 0 Å². The van der Waals surface area contributed by atoms with Crippen LogP contribution in [0, 0.1) is 0 Å². The molecule has 0 bridgehead atoms. The predicted molar refractivity (Wildman–Crippen MR) is 109 cm³/mol. The van der Waals surface area contributed by atoms with Crippen molar-refractivity contribution in [1.29, 1.82) is 0 Å². The van der Waals surface area contributed by atoms with Gasteiger partial charge in [-0.15, -0.1) is 0 Å². The van der Waals surface area contributed by atoms with Crippen LogP contribution >= 0.6 is 0 Å². The zero-order valence-electron chi connectivity index (χ0n) is 16.6. The number of aromatic nitrogens is 1. The van der Waals surface area contributed by atoms with Crippen LogP contribution in [-0.4, -0.2) is 59.3 Å². The zero-order chi connectivity index (χ0) is 19.9. The van der Waals surface area contributed by atoms with Gasteiger partial charge in [0, 0.05) is 56.2 Å². The number of nitrogens with one attached hydrogen (secondary N) is 1. The van der Waals surface area contributed by atoms with Crippen LogP contribution < -0.4 is 5.32 Å². The first-order valence-electron chi connectivity index (χ1n) is 9.96. The third-order valence-electron chi connectivity index (χ3n) is 5.11. The molecule has 1 fully saturated rings. The van der Waals surface area contributed by atoms with E-state index in [0.29, 0.717) is 30.8 Å². The number of carbonyl (C=O) groups is 2. The molecule has 1 saturated heterocycles. The van der Waals surface area contributed by atoms with Crippen molar-refractivity contribution in [3.05, 3.63) is 65.5 Å². The molecule has 28 heavy (non-hydrogen) atoms. The van der Waals surface area contributed by atoms with Gasteiger partial charge in [0.2, 0.25) is 0 Å². The van der Waals surface area contributed by atoms with E-state index in [1.165, 1.54) is 0 Å². The van der Waals surface area contributed by atoms with Gasteiger partial charge in [-0.25, -0.2) is 0 Å². The lowest BCUT2D eigenvalue weighted by atomic mass is 10.0. The van der Waals surface area contributed by atoms with E-state index in [0.717, 1.165) is 25.1 Å². The van der Waals surface area contributed by atoms with Crippen LogP contribution in [0.15, 0.2) is 48.8 Å². The minimum atomic E-state index is -0.0450. The van der Waals surface area contributed by atoms with Gasteiger partial charge in [-0.1, -0.05) is 13.0 Å². The second-order valence-corrected chi connectivity index (χ2v) is 6.97. The Hall–Kier alpha value is -2.73. The van der Waals surface area contributed by atoms with E-state index in [4.69, 9.17) is 0 Å². The van der Waals surface area contributed by atoms with E-state index >= 15 is 0 Å². The largest absolute Gasteiger partial charge is 0.339 e. The molecule has 1 aliphatic heterocycles. The maximum Gasteiger partial charge on any atom is 0.254 e. The number of piperazine rings is 1. The van der Waals surface area contributed by atoms with E-state index < -0.39 is 0 Å². The fourth-order valence-electron chi connectivity index (χ4n) is 3.60. The summed E-state index contributed by atoms with van der Waals surface area (Å²) < 4.78 is 0. The molecule has 1 aliphatic rings. The van der Waals surface area contributed by atoms with Crippen molar-refractivity contribution >= 4 is 11.8 Å². The minimum Gasteiger partial charge on any atom is -0.339 e. The van der Waals surface area contributed by atoms with Crippen LogP contribution in [0.5, 0.6) is 0 Å². The molecule has 6 nitrogen and oxygen atoms in total. The van der Waals surface area contributed by atoms with Crippen molar-refractivity contribution in [2.75, 3.05) is 32.7 Å². The molecule has 1 unspecified atom stereocenters. The highest BCUT2D eigenvalue weighted by Gasteiger charge is 2.28. The van der Waals surface area contributed by atoms with Gasteiger partial charge in [0.15, 0.2) is 0 Å². The quantitative estimate of drug-likeness (QED) is 0.837. The molecule has 3 rings (SSSR count). The fraction of sp³-hybridized carbons (Fsp3) is 0.409. The van der Waals surface area contributed by atoms with Crippen molar-refractivity contribution in [2.24, 2.45) is 0 Å². The SMILES string of the molecule is CCCN(CC)C(=O)c1ccc(C(=O)N2CCNCC2c2cccnc2)cc1. The number of hydrogen-bond acceptors (Lipinski definition) is 4. The normalized spacial score (nSPS) is 16.6. The van der Waals surface area contributed by atoms with Gasteiger partial charge < -0.3 is 15.1 Å². The number of hydrogen-bond donors (Lipinski definition) is 1. The molecule has 1 aromatic carbocycles. The molecule has 6 heteroatoms. The summed E-state index contributed by atoms with van der Waals surface area (Å²) in [5.41, 5.74) is 2.25. The van der Waals surface area contributed by atoms with Gasteiger partial charge in [-0.05, 0) is 49.2 Å². The Morgan fingerprint density at radius 2 is 1.93 bits per heavy atom. The minimum absolute atomic E-state index is 0.0127. The van der Waals surface area contributed by atoms with Crippen molar-refractivity contribution in [1.82, 2.24) is 20.1 Å². The van der Waals surface area contributed by atoms with E-state index in [1.54, 1.807) is 30.5 Å². The van der Waals surface area contributed by atoms with Crippen LogP contribution in [0.1, 0.15) is 52.6 Å². The van der Waals surface area contributed by atoms with Gasteiger partial charge >= 0.3 is 0 Å². The Morgan fingerprint density at radius 3 is 2.57 bits per heavy atom. The molecule has 1 atom stereocenters. The number of amides is 2. The molecule has 1 aromatic heterocycles. The number of nitrogens with zero attached hydrogens (tertiary/aromatic N) is 3. The Bertz CT molecular complexity index is 792. The summed E-state index contributed by atoms with van der Waals surface area (Å²) in [4.78, 5) is 33.6.